The Kier molecular flexibility index (Phi) is 4.90. The van der Waals surface area contributed by atoms with Crippen LogP contribution >= 0.6 is 0 Å². The zero-order valence-electron chi connectivity index (χ0n) is 14.7. The van der Waals surface area contributed by atoms with Crippen molar-refractivity contribution in [2.24, 2.45) is 5.92 Å². The number of amides is 1. The molecule has 4 rings (SSSR count). The van der Waals surface area contributed by atoms with Gasteiger partial charge in [-0.05, 0) is 60.0 Å². The van der Waals surface area contributed by atoms with Crippen LogP contribution in [0.1, 0.15) is 12.0 Å². The average Bonchev–Trinajstić information content (AvgIpc) is 2.97. The van der Waals surface area contributed by atoms with Crippen LogP contribution in [-0.4, -0.2) is 30.6 Å². The van der Waals surface area contributed by atoms with Crippen molar-refractivity contribution in [2.45, 2.75) is 12.8 Å². The second-order valence-electron chi connectivity index (χ2n) is 6.88. The van der Waals surface area contributed by atoms with E-state index < -0.39 is 0 Å². The summed E-state index contributed by atoms with van der Waals surface area (Å²) in [5, 5.41) is 3.67. The van der Waals surface area contributed by atoms with E-state index in [-0.39, 0.29) is 17.5 Å². The Hall–Kier alpha value is -2.73. The number of halogens is 2. The van der Waals surface area contributed by atoms with E-state index in [1.165, 1.54) is 24.3 Å². The molecule has 1 aromatic heterocycles. The maximum atomic E-state index is 13.8. The first-order chi connectivity index (χ1) is 13.1. The number of hydrogen-bond acceptors (Lipinski definition) is 2. The third kappa shape index (κ3) is 3.85. The molecule has 3 aromatic rings. The van der Waals surface area contributed by atoms with Crippen LogP contribution in [0.25, 0.3) is 22.2 Å². The average molecular weight is 370 g/mol. The van der Waals surface area contributed by atoms with Gasteiger partial charge >= 0.3 is 0 Å². The molecule has 0 atom stereocenters. The molecule has 2 heterocycles. The number of aromatic amines is 1. The number of aromatic nitrogens is 1. The maximum absolute atomic E-state index is 13.8. The van der Waals surface area contributed by atoms with Crippen LogP contribution in [0, 0.1) is 17.6 Å². The minimum atomic E-state index is -0.331. The highest BCUT2D eigenvalue weighted by atomic mass is 19.1. The molecule has 1 amide bonds. The van der Waals surface area contributed by atoms with Crippen molar-refractivity contribution in [3.8, 4) is 11.3 Å². The fourth-order valence-corrected chi connectivity index (χ4v) is 3.33. The molecular weight excluding hydrogens is 350 g/mol. The van der Waals surface area contributed by atoms with Gasteiger partial charge in [0.1, 0.15) is 11.6 Å². The van der Waals surface area contributed by atoms with Gasteiger partial charge in [0.05, 0.1) is 13.2 Å². The Morgan fingerprint density at radius 2 is 1.85 bits per heavy atom. The van der Waals surface area contributed by atoms with Crippen molar-refractivity contribution in [3.05, 3.63) is 59.7 Å². The first kappa shape index (κ1) is 17.7. The second kappa shape index (κ2) is 7.48. The number of H-pyrrole nitrogens is 1. The normalized spacial score (nSPS) is 14.3. The Morgan fingerprint density at radius 1 is 1.11 bits per heavy atom. The number of fused-ring (bicyclic) bond motifs is 1. The summed E-state index contributed by atoms with van der Waals surface area (Å²) in [5.41, 5.74) is 3.24. The summed E-state index contributed by atoms with van der Waals surface area (Å²) < 4.78 is 32.2. The van der Waals surface area contributed by atoms with Gasteiger partial charge in [-0.25, -0.2) is 8.78 Å². The number of carbonyl (C=O) groups is 1. The van der Waals surface area contributed by atoms with Crippen molar-refractivity contribution >= 4 is 16.8 Å². The van der Waals surface area contributed by atoms with Gasteiger partial charge in [0.2, 0.25) is 5.91 Å². The molecule has 0 unspecified atom stereocenters. The molecule has 0 aliphatic carbocycles. The molecule has 2 N–H and O–H groups in total. The maximum Gasteiger partial charge on any atom is 0.220 e. The molecule has 1 aliphatic rings. The van der Waals surface area contributed by atoms with E-state index in [0.717, 1.165) is 27.7 Å². The summed E-state index contributed by atoms with van der Waals surface area (Å²) >= 11 is 0. The van der Waals surface area contributed by atoms with Gasteiger partial charge in [-0.15, -0.1) is 0 Å². The summed E-state index contributed by atoms with van der Waals surface area (Å²) in [6.45, 7) is 2.00. The fourth-order valence-electron chi connectivity index (χ4n) is 3.33. The van der Waals surface area contributed by atoms with Crippen LogP contribution in [0.4, 0.5) is 8.78 Å². The minimum absolute atomic E-state index is 0.0438. The third-order valence-corrected chi connectivity index (χ3v) is 4.90. The van der Waals surface area contributed by atoms with E-state index in [0.29, 0.717) is 38.5 Å². The lowest BCUT2D eigenvalue weighted by Crippen LogP contribution is -2.39. The summed E-state index contributed by atoms with van der Waals surface area (Å²) in [6.07, 6.45) is 0.758. The predicted octanol–water partition coefficient (Wildman–Crippen LogP) is 3.81. The van der Waals surface area contributed by atoms with Gasteiger partial charge in [-0.3, -0.25) is 4.79 Å². The van der Waals surface area contributed by atoms with Crippen LogP contribution < -0.4 is 5.32 Å². The Morgan fingerprint density at radius 3 is 2.56 bits per heavy atom. The largest absolute Gasteiger partial charge is 0.381 e. The number of hydrogen-bond donors (Lipinski definition) is 2. The molecule has 2 aromatic carbocycles. The van der Waals surface area contributed by atoms with Crippen LogP contribution in [-0.2, 0) is 16.0 Å². The summed E-state index contributed by atoms with van der Waals surface area (Å²) in [5.74, 6) is -0.298. The number of benzene rings is 2. The molecule has 0 radical (unpaired) electrons. The van der Waals surface area contributed by atoms with E-state index in [9.17, 15) is 13.6 Å². The first-order valence-electron chi connectivity index (χ1n) is 9.00. The minimum Gasteiger partial charge on any atom is -0.381 e. The van der Waals surface area contributed by atoms with Crippen molar-refractivity contribution in [3.63, 3.8) is 0 Å². The highest BCUT2D eigenvalue weighted by Crippen LogP contribution is 2.32. The standard InChI is InChI=1S/C21H20F2N2O2/c22-15-3-1-14(2-4-15)21-17(18-9-16(23)5-7-19(18)25-21)6-8-20(26)24-10-13-11-27-12-13/h1-5,7,9,13,25H,6,8,10-12H2,(H,24,26). The Labute approximate surface area is 155 Å². The number of aryl methyl sites for hydroxylation is 1. The summed E-state index contributed by atoms with van der Waals surface area (Å²) in [6, 6.07) is 10.7. The second-order valence-corrected chi connectivity index (χ2v) is 6.88. The summed E-state index contributed by atoms with van der Waals surface area (Å²) in [7, 11) is 0. The Balaban J connectivity index is 1.58. The van der Waals surface area contributed by atoms with Gasteiger partial charge in [-0.1, -0.05) is 0 Å². The highest BCUT2D eigenvalue weighted by Gasteiger charge is 2.19. The van der Waals surface area contributed by atoms with E-state index >= 15 is 0 Å². The molecule has 0 spiro atoms. The van der Waals surface area contributed by atoms with Gasteiger partial charge in [0.25, 0.3) is 0 Å². The molecule has 0 saturated carbocycles. The van der Waals surface area contributed by atoms with Gasteiger partial charge < -0.3 is 15.0 Å². The monoisotopic (exact) mass is 370 g/mol. The lowest BCUT2D eigenvalue weighted by atomic mass is 10.0. The van der Waals surface area contributed by atoms with Gasteiger partial charge in [0, 0.05) is 35.5 Å². The summed E-state index contributed by atoms with van der Waals surface area (Å²) in [4.78, 5) is 15.5. The molecule has 0 bridgehead atoms. The molecule has 6 heteroatoms. The predicted molar refractivity (Wildman–Crippen MR) is 99.3 cm³/mol. The first-order valence-corrected chi connectivity index (χ1v) is 9.00. The topological polar surface area (TPSA) is 54.1 Å². The van der Waals surface area contributed by atoms with E-state index in [4.69, 9.17) is 4.74 Å². The quantitative estimate of drug-likeness (QED) is 0.693. The van der Waals surface area contributed by atoms with E-state index in [1.54, 1.807) is 18.2 Å². The molecule has 1 saturated heterocycles. The van der Waals surface area contributed by atoms with Crippen LogP contribution in [0.2, 0.25) is 0 Å². The van der Waals surface area contributed by atoms with Crippen LogP contribution in [0.5, 0.6) is 0 Å². The number of rotatable bonds is 6. The van der Waals surface area contributed by atoms with Crippen molar-refractivity contribution in [2.75, 3.05) is 19.8 Å². The molecule has 140 valence electrons. The number of nitrogens with one attached hydrogen (secondary N) is 2. The fraction of sp³-hybridized carbons (Fsp3) is 0.286. The van der Waals surface area contributed by atoms with Crippen LogP contribution in [0.15, 0.2) is 42.5 Å². The lowest BCUT2D eigenvalue weighted by Gasteiger charge is -2.25. The Bertz CT molecular complexity index is 962. The highest BCUT2D eigenvalue weighted by molar-refractivity contribution is 5.91. The number of ether oxygens (including phenoxy) is 1. The molecule has 1 fully saturated rings. The van der Waals surface area contributed by atoms with E-state index in [2.05, 4.69) is 10.3 Å². The van der Waals surface area contributed by atoms with Gasteiger partial charge in [-0.2, -0.15) is 0 Å². The molecule has 4 nitrogen and oxygen atoms in total. The van der Waals surface area contributed by atoms with Gasteiger partial charge in [0.15, 0.2) is 0 Å². The lowest BCUT2D eigenvalue weighted by molar-refractivity contribution is -0.122. The van der Waals surface area contributed by atoms with Crippen molar-refractivity contribution in [1.29, 1.82) is 0 Å². The molecule has 1 aliphatic heterocycles. The SMILES string of the molecule is O=C(CCc1c(-c2ccc(F)cc2)[nH]c2ccc(F)cc12)NCC1COC1. The van der Waals surface area contributed by atoms with E-state index in [1.807, 2.05) is 0 Å². The molecule has 27 heavy (non-hydrogen) atoms. The van der Waals surface area contributed by atoms with Crippen molar-refractivity contribution in [1.82, 2.24) is 10.3 Å². The molecular formula is C21H20F2N2O2. The third-order valence-electron chi connectivity index (χ3n) is 4.90. The smallest absolute Gasteiger partial charge is 0.220 e. The van der Waals surface area contributed by atoms with Crippen LogP contribution in [0.3, 0.4) is 0 Å². The zero-order valence-corrected chi connectivity index (χ0v) is 14.7. The number of carbonyl (C=O) groups excluding carboxylic acids is 1. The zero-order chi connectivity index (χ0) is 18.8. The van der Waals surface area contributed by atoms with Crippen molar-refractivity contribution < 1.29 is 18.3 Å².